The van der Waals surface area contributed by atoms with Crippen LogP contribution in [0.2, 0.25) is 0 Å². The van der Waals surface area contributed by atoms with Crippen molar-refractivity contribution < 1.29 is 13.2 Å². The van der Waals surface area contributed by atoms with E-state index >= 15 is 0 Å². The molecule has 3 aromatic rings. The summed E-state index contributed by atoms with van der Waals surface area (Å²) in [5.74, 6) is -0.183. The fraction of sp³-hybridized carbons (Fsp3) is 0.250. The van der Waals surface area contributed by atoms with Crippen LogP contribution in [0.1, 0.15) is 17.8 Å². The zero-order chi connectivity index (χ0) is 20.5. The van der Waals surface area contributed by atoms with Gasteiger partial charge in [-0.15, -0.1) is 11.3 Å². The van der Waals surface area contributed by atoms with Crippen molar-refractivity contribution in [3.05, 3.63) is 65.2 Å². The minimum Gasteiger partial charge on any atom is -0.356 e. The van der Waals surface area contributed by atoms with Crippen LogP contribution in [-0.2, 0) is 21.2 Å². The molecular formula is C20H22N4O3S2. The minimum atomic E-state index is -3.58. The maximum absolute atomic E-state index is 12.1. The number of carbonyl (C=O) groups excluding carboxylic acids is 1. The number of rotatable bonds is 10. The first-order valence-corrected chi connectivity index (χ1v) is 11.6. The monoisotopic (exact) mass is 430 g/mol. The minimum absolute atomic E-state index is 0.0604. The molecule has 9 heteroatoms. The summed E-state index contributed by atoms with van der Waals surface area (Å²) in [6.07, 6.45) is 5.12. The van der Waals surface area contributed by atoms with Crippen LogP contribution in [0.15, 0.2) is 65.1 Å². The Bertz CT molecular complexity index is 1020. The highest BCUT2D eigenvalue weighted by Gasteiger charge is 2.13. The van der Waals surface area contributed by atoms with Crippen molar-refractivity contribution in [3.63, 3.8) is 0 Å². The van der Waals surface area contributed by atoms with Gasteiger partial charge >= 0.3 is 0 Å². The molecule has 2 N–H and O–H groups in total. The molecule has 1 aromatic carbocycles. The molecule has 0 bridgehead atoms. The van der Waals surface area contributed by atoms with Gasteiger partial charge in [0.05, 0.1) is 15.6 Å². The van der Waals surface area contributed by atoms with Crippen LogP contribution in [0.5, 0.6) is 0 Å². The number of carbonyl (C=O) groups is 1. The van der Waals surface area contributed by atoms with E-state index in [-0.39, 0.29) is 23.8 Å². The SMILES string of the molecule is O=C(CCNS(=O)(=O)c1ccccc1)NCCCc1nc(-c2ccncc2)cs1. The van der Waals surface area contributed by atoms with Gasteiger partial charge in [0, 0.05) is 49.3 Å². The summed E-state index contributed by atoms with van der Waals surface area (Å²) in [6.45, 7) is 0.583. The average molecular weight is 431 g/mol. The van der Waals surface area contributed by atoms with Crippen LogP contribution in [0.25, 0.3) is 11.3 Å². The average Bonchev–Trinajstić information content (AvgIpc) is 3.21. The lowest BCUT2D eigenvalue weighted by molar-refractivity contribution is -0.120. The van der Waals surface area contributed by atoms with E-state index in [9.17, 15) is 13.2 Å². The number of thiazole rings is 1. The van der Waals surface area contributed by atoms with Gasteiger partial charge in [-0.3, -0.25) is 9.78 Å². The second kappa shape index (κ2) is 10.2. The van der Waals surface area contributed by atoms with Crippen LogP contribution in [0.3, 0.4) is 0 Å². The molecule has 2 aromatic heterocycles. The van der Waals surface area contributed by atoms with Gasteiger partial charge in [0.2, 0.25) is 15.9 Å². The Hall–Kier alpha value is -2.62. The van der Waals surface area contributed by atoms with Gasteiger partial charge in [-0.2, -0.15) is 0 Å². The van der Waals surface area contributed by atoms with Gasteiger partial charge in [-0.1, -0.05) is 18.2 Å². The van der Waals surface area contributed by atoms with E-state index < -0.39 is 10.0 Å². The zero-order valence-corrected chi connectivity index (χ0v) is 17.4. The van der Waals surface area contributed by atoms with Crippen LogP contribution < -0.4 is 10.0 Å². The molecule has 0 saturated heterocycles. The number of sulfonamides is 1. The van der Waals surface area contributed by atoms with Crippen molar-refractivity contribution in [1.29, 1.82) is 0 Å². The number of hydrogen-bond donors (Lipinski definition) is 2. The number of aryl methyl sites for hydroxylation is 1. The fourth-order valence-corrected chi connectivity index (χ4v) is 4.52. The Morgan fingerprint density at radius 1 is 1.03 bits per heavy atom. The Morgan fingerprint density at radius 3 is 2.55 bits per heavy atom. The highest BCUT2D eigenvalue weighted by Crippen LogP contribution is 2.21. The molecule has 0 unspecified atom stereocenters. The van der Waals surface area contributed by atoms with Gasteiger partial charge in [0.25, 0.3) is 0 Å². The summed E-state index contributed by atoms with van der Waals surface area (Å²) in [7, 11) is -3.58. The molecule has 1 amide bonds. The molecule has 3 rings (SSSR count). The smallest absolute Gasteiger partial charge is 0.240 e. The van der Waals surface area contributed by atoms with Crippen molar-refractivity contribution in [2.45, 2.75) is 24.2 Å². The summed E-state index contributed by atoms with van der Waals surface area (Å²) >= 11 is 1.60. The largest absolute Gasteiger partial charge is 0.356 e. The maximum atomic E-state index is 12.1. The number of pyridine rings is 1. The summed E-state index contributed by atoms with van der Waals surface area (Å²) in [5, 5.41) is 5.84. The van der Waals surface area contributed by atoms with E-state index in [1.165, 1.54) is 12.1 Å². The van der Waals surface area contributed by atoms with Crippen LogP contribution >= 0.6 is 11.3 Å². The number of amides is 1. The Balaban J connectivity index is 1.34. The normalized spacial score (nSPS) is 11.3. The lowest BCUT2D eigenvalue weighted by Gasteiger charge is -2.07. The molecule has 0 radical (unpaired) electrons. The molecule has 0 spiro atoms. The lowest BCUT2D eigenvalue weighted by atomic mass is 10.2. The standard InChI is InChI=1S/C20H22N4O3S2/c25-19(10-14-23-29(26,27)17-5-2-1-3-6-17)22-11-4-7-20-24-18(15-28-20)16-8-12-21-13-9-16/h1-3,5-6,8-9,12-13,15,23H,4,7,10-11,14H2,(H,22,25). The van der Waals surface area contributed by atoms with Gasteiger partial charge in [-0.25, -0.2) is 18.1 Å². The maximum Gasteiger partial charge on any atom is 0.240 e. The first kappa shape index (κ1) is 21.1. The summed E-state index contributed by atoms with van der Waals surface area (Å²) in [5.41, 5.74) is 1.97. The highest BCUT2D eigenvalue weighted by molar-refractivity contribution is 7.89. The fourth-order valence-electron chi connectivity index (χ4n) is 2.62. The van der Waals surface area contributed by atoms with E-state index in [1.54, 1.807) is 41.9 Å². The van der Waals surface area contributed by atoms with Gasteiger partial charge in [0.1, 0.15) is 0 Å². The Labute approximate surface area is 174 Å². The van der Waals surface area contributed by atoms with Gasteiger partial charge in [-0.05, 0) is 30.7 Å². The van der Waals surface area contributed by atoms with Crippen molar-refractivity contribution in [2.24, 2.45) is 0 Å². The molecule has 0 saturated carbocycles. The van der Waals surface area contributed by atoms with Crippen LogP contribution in [-0.4, -0.2) is 37.4 Å². The highest BCUT2D eigenvalue weighted by atomic mass is 32.2. The summed E-state index contributed by atoms with van der Waals surface area (Å²) in [6, 6.07) is 11.9. The first-order valence-electron chi connectivity index (χ1n) is 9.21. The summed E-state index contributed by atoms with van der Waals surface area (Å²) < 4.78 is 26.6. The quantitative estimate of drug-likeness (QED) is 0.482. The zero-order valence-electron chi connectivity index (χ0n) is 15.7. The van der Waals surface area contributed by atoms with E-state index in [0.29, 0.717) is 6.54 Å². The molecule has 0 aliphatic heterocycles. The number of nitrogens with one attached hydrogen (secondary N) is 2. The van der Waals surface area contributed by atoms with Crippen molar-refractivity contribution in [1.82, 2.24) is 20.0 Å². The molecule has 0 atom stereocenters. The predicted molar refractivity (Wildman–Crippen MR) is 113 cm³/mol. The molecule has 7 nitrogen and oxygen atoms in total. The third kappa shape index (κ3) is 6.45. The number of benzene rings is 1. The topological polar surface area (TPSA) is 101 Å². The molecule has 0 fully saturated rings. The van der Waals surface area contributed by atoms with Crippen LogP contribution in [0.4, 0.5) is 0 Å². The molecule has 2 heterocycles. The predicted octanol–water partition coefficient (Wildman–Crippen LogP) is 2.62. The third-order valence-corrected chi connectivity index (χ3v) is 6.50. The molecule has 29 heavy (non-hydrogen) atoms. The number of nitrogens with zero attached hydrogens (tertiary/aromatic N) is 2. The van der Waals surface area contributed by atoms with Crippen molar-refractivity contribution >= 4 is 27.3 Å². The van der Waals surface area contributed by atoms with Crippen molar-refractivity contribution in [3.8, 4) is 11.3 Å². The van der Waals surface area contributed by atoms with E-state index in [1.807, 2.05) is 17.5 Å². The number of aromatic nitrogens is 2. The van der Waals surface area contributed by atoms with Gasteiger partial charge in [0.15, 0.2) is 0 Å². The summed E-state index contributed by atoms with van der Waals surface area (Å²) in [4.78, 5) is 20.7. The van der Waals surface area contributed by atoms with E-state index in [2.05, 4.69) is 20.0 Å². The first-order chi connectivity index (χ1) is 14.0. The van der Waals surface area contributed by atoms with E-state index in [4.69, 9.17) is 0 Å². The molecule has 0 aliphatic rings. The number of hydrogen-bond acceptors (Lipinski definition) is 6. The second-order valence-corrected chi connectivity index (χ2v) is 8.99. The molecular weight excluding hydrogens is 408 g/mol. The second-order valence-electron chi connectivity index (χ2n) is 6.28. The molecule has 152 valence electrons. The van der Waals surface area contributed by atoms with E-state index in [0.717, 1.165) is 29.1 Å². The lowest BCUT2D eigenvalue weighted by Crippen LogP contribution is -2.31. The van der Waals surface area contributed by atoms with Crippen molar-refractivity contribution in [2.75, 3.05) is 13.1 Å². The third-order valence-electron chi connectivity index (χ3n) is 4.12. The Kier molecular flexibility index (Phi) is 7.45. The van der Waals surface area contributed by atoms with Gasteiger partial charge < -0.3 is 5.32 Å². The Morgan fingerprint density at radius 2 is 1.79 bits per heavy atom. The molecule has 0 aliphatic carbocycles. The van der Waals surface area contributed by atoms with Crippen LogP contribution in [0, 0.1) is 0 Å².